The Kier molecular flexibility index (Phi) is 7.10. The van der Waals surface area contributed by atoms with Gasteiger partial charge in [0, 0.05) is 24.7 Å². The van der Waals surface area contributed by atoms with Gasteiger partial charge in [0.25, 0.3) is 5.91 Å². The normalized spacial score (nSPS) is 10.9. The van der Waals surface area contributed by atoms with Crippen LogP contribution in [0.4, 0.5) is 20.2 Å². The van der Waals surface area contributed by atoms with E-state index in [0.29, 0.717) is 11.8 Å². The standard InChI is InChI=1S/C18H19F2N3O5S/c1-28-16-6-4-12(10-15(16)23-29(2,26)27)22-17(24)7-8-21-18(25)13-5-3-11(19)9-14(13)20/h3-6,9-10,23H,7-8H2,1-2H3,(H,21,25)(H,22,24). The SMILES string of the molecule is COc1ccc(NC(=O)CCNC(=O)c2ccc(F)cc2F)cc1NS(C)(=O)=O. The van der Waals surface area contributed by atoms with Crippen LogP contribution in [0.15, 0.2) is 36.4 Å². The zero-order valence-electron chi connectivity index (χ0n) is 15.6. The maximum atomic E-state index is 13.6. The Bertz CT molecular complexity index is 1030. The molecule has 0 aliphatic carbocycles. The van der Waals surface area contributed by atoms with Crippen molar-refractivity contribution in [3.8, 4) is 5.75 Å². The zero-order valence-corrected chi connectivity index (χ0v) is 16.4. The van der Waals surface area contributed by atoms with E-state index < -0.39 is 33.5 Å². The van der Waals surface area contributed by atoms with Gasteiger partial charge in [-0.05, 0) is 30.3 Å². The number of ether oxygens (including phenoxy) is 1. The van der Waals surface area contributed by atoms with Gasteiger partial charge >= 0.3 is 0 Å². The first-order valence-corrected chi connectivity index (χ1v) is 10.2. The lowest BCUT2D eigenvalue weighted by Gasteiger charge is -2.12. The first-order valence-electron chi connectivity index (χ1n) is 8.28. The molecule has 0 saturated carbocycles. The fourth-order valence-corrected chi connectivity index (χ4v) is 2.91. The van der Waals surface area contributed by atoms with E-state index >= 15 is 0 Å². The van der Waals surface area contributed by atoms with Gasteiger partial charge in [0.05, 0.1) is 24.6 Å². The van der Waals surface area contributed by atoms with Gasteiger partial charge in [-0.2, -0.15) is 0 Å². The molecule has 11 heteroatoms. The number of methoxy groups -OCH3 is 1. The number of anilines is 2. The largest absolute Gasteiger partial charge is 0.495 e. The molecule has 2 aromatic carbocycles. The molecule has 0 radical (unpaired) electrons. The predicted molar refractivity (Wildman–Crippen MR) is 103 cm³/mol. The van der Waals surface area contributed by atoms with E-state index in [1.54, 1.807) is 0 Å². The summed E-state index contributed by atoms with van der Waals surface area (Å²) in [5, 5.41) is 4.91. The van der Waals surface area contributed by atoms with Crippen molar-refractivity contribution in [3.63, 3.8) is 0 Å². The number of nitrogens with one attached hydrogen (secondary N) is 3. The molecule has 0 saturated heterocycles. The van der Waals surface area contributed by atoms with Crippen molar-refractivity contribution in [2.24, 2.45) is 0 Å². The number of rotatable bonds is 8. The van der Waals surface area contributed by atoms with Crippen molar-refractivity contribution in [2.75, 3.05) is 29.9 Å². The van der Waals surface area contributed by atoms with Crippen molar-refractivity contribution >= 4 is 33.2 Å². The summed E-state index contributed by atoms with van der Waals surface area (Å²) in [5.74, 6) is -2.79. The predicted octanol–water partition coefficient (Wildman–Crippen LogP) is 2.10. The molecule has 0 spiro atoms. The third-order valence-electron chi connectivity index (χ3n) is 3.59. The molecule has 0 aromatic heterocycles. The summed E-state index contributed by atoms with van der Waals surface area (Å²) in [6, 6.07) is 6.92. The molecular formula is C18H19F2N3O5S. The van der Waals surface area contributed by atoms with Crippen molar-refractivity contribution in [1.29, 1.82) is 0 Å². The van der Waals surface area contributed by atoms with Crippen LogP contribution in [0.25, 0.3) is 0 Å². The van der Waals surface area contributed by atoms with E-state index in [4.69, 9.17) is 4.74 Å². The molecule has 3 N–H and O–H groups in total. The third kappa shape index (κ3) is 6.71. The summed E-state index contributed by atoms with van der Waals surface area (Å²) in [7, 11) is -2.19. The minimum atomic E-state index is -3.56. The molecule has 0 aliphatic heterocycles. The average molecular weight is 427 g/mol. The van der Waals surface area contributed by atoms with E-state index in [0.717, 1.165) is 18.4 Å². The summed E-state index contributed by atoms with van der Waals surface area (Å²) in [5.41, 5.74) is 0.115. The lowest BCUT2D eigenvalue weighted by atomic mass is 10.2. The van der Waals surface area contributed by atoms with Crippen molar-refractivity contribution in [1.82, 2.24) is 5.32 Å². The van der Waals surface area contributed by atoms with E-state index in [9.17, 15) is 26.8 Å². The van der Waals surface area contributed by atoms with Gasteiger partial charge in [-0.1, -0.05) is 0 Å². The molecule has 2 aromatic rings. The van der Waals surface area contributed by atoms with Crippen LogP contribution in [0.5, 0.6) is 5.75 Å². The number of carbonyl (C=O) groups is 2. The van der Waals surface area contributed by atoms with Gasteiger partial charge in [0.2, 0.25) is 15.9 Å². The molecule has 0 fully saturated rings. The summed E-state index contributed by atoms with van der Waals surface area (Å²) in [4.78, 5) is 23.9. The van der Waals surface area contributed by atoms with Crippen LogP contribution in [0, 0.1) is 11.6 Å². The quantitative estimate of drug-likeness (QED) is 0.597. The fraction of sp³-hybridized carbons (Fsp3) is 0.222. The highest BCUT2D eigenvalue weighted by atomic mass is 32.2. The lowest BCUT2D eigenvalue weighted by Crippen LogP contribution is -2.28. The molecule has 2 rings (SSSR count). The first-order chi connectivity index (χ1) is 13.6. The maximum Gasteiger partial charge on any atom is 0.254 e. The first kappa shape index (κ1) is 22.1. The molecule has 0 heterocycles. The Balaban J connectivity index is 1.93. The number of hydrogen-bond acceptors (Lipinski definition) is 5. The van der Waals surface area contributed by atoms with Crippen LogP contribution in [-0.2, 0) is 14.8 Å². The number of amides is 2. The van der Waals surface area contributed by atoms with Crippen LogP contribution >= 0.6 is 0 Å². The minimum absolute atomic E-state index is 0.0912. The Labute approximate surface area is 166 Å². The van der Waals surface area contributed by atoms with Gasteiger partial charge in [-0.15, -0.1) is 0 Å². The van der Waals surface area contributed by atoms with E-state index in [-0.39, 0.29) is 30.0 Å². The number of benzene rings is 2. The highest BCUT2D eigenvalue weighted by molar-refractivity contribution is 7.92. The Hall–Kier alpha value is -3.21. The molecule has 0 bridgehead atoms. The fourth-order valence-electron chi connectivity index (χ4n) is 2.35. The molecule has 0 aliphatic rings. The molecule has 156 valence electrons. The van der Waals surface area contributed by atoms with Crippen LogP contribution in [0.3, 0.4) is 0 Å². The van der Waals surface area contributed by atoms with Gasteiger partial charge < -0.3 is 15.4 Å². The monoisotopic (exact) mass is 427 g/mol. The van der Waals surface area contributed by atoms with Gasteiger partial charge in [0.1, 0.15) is 17.4 Å². The topological polar surface area (TPSA) is 114 Å². The Morgan fingerprint density at radius 3 is 2.45 bits per heavy atom. The van der Waals surface area contributed by atoms with Crippen molar-refractivity contribution < 1.29 is 31.5 Å². The summed E-state index contributed by atoms with van der Waals surface area (Å²) < 4.78 is 56.6. The lowest BCUT2D eigenvalue weighted by molar-refractivity contribution is -0.116. The van der Waals surface area contributed by atoms with Crippen LogP contribution < -0.4 is 20.1 Å². The number of sulfonamides is 1. The van der Waals surface area contributed by atoms with Crippen molar-refractivity contribution in [3.05, 3.63) is 53.6 Å². The maximum absolute atomic E-state index is 13.6. The number of carbonyl (C=O) groups excluding carboxylic acids is 2. The molecule has 8 nitrogen and oxygen atoms in total. The van der Waals surface area contributed by atoms with Crippen molar-refractivity contribution in [2.45, 2.75) is 6.42 Å². The second kappa shape index (κ2) is 9.32. The highest BCUT2D eigenvalue weighted by Gasteiger charge is 2.14. The second-order valence-corrected chi connectivity index (χ2v) is 7.72. The number of hydrogen-bond donors (Lipinski definition) is 3. The van der Waals surface area contributed by atoms with Gasteiger partial charge in [0.15, 0.2) is 0 Å². The molecule has 2 amide bonds. The smallest absolute Gasteiger partial charge is 0.254 e. The second-order valence-electron chi connectivity index (χ2n) is 5.97. The number of halogens is 2. The van der Waals surface area contributed by atoms with Crippen LogP contribution in [-0.4, -0.2) is 40.1 Å². The van der Waals surface area contributed by atoms with Crippen LogP contribution in [0.2, 0.25) is 0 Å². The average Bonchev–Trinajstić information content (AvgIpc) is 2.60. The van der Waals surface area contributed by atoms with Gasteiger partial charge in [-0.25, -0.2) is 17.2 Å². The van der Waals surface area contributed by atoms with Gasteiger partial charge in [-0.3, -0.25) is 14.3 Å². The molecular weight excluding hydrogens is 408 g/mol. The molecule has 0 atom stereocenters. The minimum Gasteiger partial charge on any atom is -0.495 e. The molecule has 29 heavy (non-hydrogen) atoms. The Morgan fingerprint density at radius 1 is 1.10 bits per heavy atom. The summed E-state index contributed by atoms with van der Waals surface area (Å²) in [6.45, 7) is -0.0912. The Morgan fingerprint density at radius 2 is 1.83 bits per heavy atom. The summed E-state index contributed by atoms with van der Waals surface area (Å²) >= 11 is 0. The zero-order chi connectivity index (χ0) is 21.6. The van der Waals surface area contributed by atoms with Crippen LogP contribution in [0.1, 0.15) is 16.8 Å². The highest BCUT2D eigenvalue weighted by Crippen LogP contribution is 2.28. The summed E-state index contributed by atoms with van der Waals surface area (Å²) in [6.07, 6.45) is 0.847. The van der Waals surface area contributed by atoms with E-state index in [1.165, 1.54) is 25.3 Å². The van der Waals surface area contributed by atoms with E-state index in [2.05, 4.69) is 15.4 Å². The third-order valence-corrected chi connectivity index (χ3v) is 4.18. The molecule has 0 unspecified atom stereocenters. The van der Waals surface area contributed by atoms with E-state index in [1.807, 2.05) is 0 Å².